The Hall–Kier alpha value is -4.77. The summed E-state index contributed by atoms with van der Waals surface area (Å²) >= 11 is 0. The summed E-state index contributed by atoms with van der Waals surface area (Å²) in [5, 5.41) is 16.9. The highest BCUT2D eigenvalue weighted by atomic mass is 16.6. The van der Waals surface area contributed by atoms with Crippen LogP contribution in [0.1, 0.15) is 53.5 Å². The molecule has 0 aromatic heterocycles. The molecule has 7 amide bonds. The van der Waals surface area contributed by atoms with Crippen molar-refractivity contribution in [3.63, 3.8) is 0 Å². The molecule has 296 valence electrons. The molecule has 0 bridgehead atoms. The Morgan fingerprint density at radius 1 is 0.925 bits per heavy atom. The summed E-state index contributed by atoms with van der Waals surface area (Å²) in [5.74, 6) is -2.44. The maximum absolute atomic E-state index is 12.8. The molecule has 1 saturated heterocycles. The molecule has 17 nitrogen and oxygen atoms in total. The zero-order chi connectivity index (χ0) is 39.7. The lowest BCUT2D eigenvalue weighted by atomic mass is 9.94. The molecule has 0 aliphatic carbocycles. The van der Waals surface area contributed by atoms with Gasteiger partial charge in [-0.3, -0.25) is 28.9 Å². The topological polar surface area (TPSA) is 213 Å². The van der Waals surface area contributed by atoms with E-state index in [0.717, 1.165) is 0 Å². The monoisotopic (exact) mass is 748 g/mol. The first-order valence-corrected chi connectivity index (χ1v) is 17.8. The molecule has 0 saturated carbocycles. The minimum absolute atomic E-state index is 0.0217. The van der Waals surface area contributed by atoms with Gasteiger partial charge in [-0.2, -0.15) is 0 Å². The number of amides is 7. The van der Waals surface area contributed by atoms with Gasteiger partial charge in [-0.15, -0.1) is 0 Å². The van der Waals surface area contributed by atoms with Crippen molar-refractivity contribution in [2.75, 3.05) is 71.5 Å². The highest BCUT2D eigenvalue weighted by molar-refractivity contribution is 6.03. The Morgan fingerprint density at radius 3 is 2.19 bits per heavy atom. The van der Waals surface area contributed by atoms with E-state index in [1.165, 1.54) is 14.7 Å². The van der Waals surface area contributed by atoms with E-state index in [4.69, 9.17) is 14.2 Å². The van der Waals surface area contributed by atoms with Crippen molar-refractivity contribution in [2.45, 2.75) is 60.6 Å². The third kappa shape index (κ3) is 15.0. The smallest absolute Gasteiger partial charge is 0.409 e. The molecule has 2 atom stereocenters. The first kappa shape index (κ1) is 44.4. The zero-order valence-electron chi connectivity index (χ0n) is 31.8. The second kappa shape index (κ2) is 22.3. The lowest BCUT2D eigenvalue weighted by Crippen LogP contribution is -2.51. The number of aliphatic hydroxyl groups excluding tert-OH is 1. The van der Waals surface area contributed by atoms with E-state index in [9.17, 15) is 38.7 Å². The van der Waals surface area contributed by atoms with E-state index in [0.29, 0.717) is 11.3 Å². The molecule has 17 heteroatoms. The molecule has 53 heavy (non-hydrogen) atoms. The number of likely N-dealkylation sites (tertiary alicyclic amines) is 1. The van der Waals surface area contributed by atoms with Gasteiger partial charge >= 0.3 is 12.2 Å². The van der Waals surface area contributed by atoms with Gasteiger partial charge in [0.05, 0.1) is 32.9 Å². The standard InChI is InChI=1S/C36H56N6O11/c1-23(2)28-20-30(45)42(34(28)48)15-17-51-18-19-52-35(49)39-31(24(3)4)32(46)37-21-29(44)38-27-10-8-26(9-11-27)22-53-36(50)40(7)12-13-41(14-16-43)33(47)25(5)6/h8-11,23-25,28,31,43H,12-22H2,1-7H3,(H,37,46)(H,38,44)(H,39,49). The van der Waals surface area contributed by atoms with E-state index in [-0.39, 0.29) is 114 Å². The number of nitrogens with one attached hydrogen (secondary N) is 3. The highest BCUT2D eigenvalue weighted by Crippen LogP contribution is 2.26. The van der Waals surface area contributed by atoms with E-state index < -0.39 is 30.0 Å². The summed E-state index contributed by atoms with van der Waals surface area (Å²) in [7, 11) is 1.55. The fourth-order valence-electron chi connectivity index (χ4n) is 5.22. The van der Waals surface area contributed by atoms with Crippen LogP contribution in [-0.2, 0) is 44.8 Å². The van der Waals surface area contributed by atoms with Crippen molar-refractivity contribution >= 4 is 47.4 Å². The predicted octanol–water partition coefficient (Wildman–Crippen LogP) is 1.59. The van der Waals surface area contributed by atoms with E-state index in [1.54, 1.807) is 59.0 Å². The van der Waals surface area contributed by atoms with Crippen LogP contribution >= 0.6 is 0 Å². The van der Waals surface area contributed by atoms with Crippen LogP contribution in [0.3, 0.4) is 0 Å². The predicted molar refractivity (Wildman–Crippen MR) is 193 cm³/mol. The fraction of sp³-hybridized carbons (Fsp3) is 0.639. The Kier molecular flexibility index (Phi) is 18.7. The number of carbonyl (C=O) groups excluding carboxylic acids is 7. The Morgan fingerprint density at radius 2 is 1.60 bits per heavy atom. The first-order chi connectivity index (χ1) is 25.0. The van der Waals surface area contributed by atoms with E-state index in [1.807, 2.05) is 13.8 Å². The zero-order valence-corrected chi connectivity index (χ0v) is 31.8. The lowest BCUT2D eigenvalue weighted by molar-refractivity contribution is -0.140. The highest BCUT2D eigenvalue weighted by Gasteiger charge is 2.39. The van der Waals surface area contributed by atoms with Crippen LogP contribution in [0.5, 0.6) is 0 Å². The molecule has 2 rings (SSSR count). The number of benzene rings is 1. The van der Waals surface area contributed by atoms with Gasteiger partial charge in [-0.1, -0.05) is 53.7 Å². The molecule has 0 spiro atoms. The number of nitrogens with zero attached hydrogens (tertiary/aromatic N) is 3. The van der Waals surface area contributed by atoms with Crippen LogP contribution in [0.4, 0.5) is 15.3 Å². The van der Waals surface area contributed by atoms with Gasteiger partial charge in [0, 0.05) is 50.6 Å². The molecular weight excluding hydrogens is 692 g/mol. The molecule has 0 radical (unpaired) electrons. The van der Waals surface area contributed by atoms with Crippen LogP contribution in [-0.4, -0.2) is 134 Å². The SMILES string of the molecule is CC(C)C(=O)N(CCO)CCN(C)C(=O)OCc1ccc(NC(=O)CNC(=O)C(NC(=O)OCCOCCN2C(=O)CC(C(C)C)C2=O)C(C)C)cc1. The van der Waals surface area contributed by atoms with Gasteiger partial charge in [0.25, 0.3) is 0 Å². The summed E-state index contributed by atoms with van der Waals surface area (Å²) in [6.45, 7) is 11.0. The number of ether oxygens (including phenoxy) is 3. The minimum Gasteiger partial charge on any atom is -0.447 e. The van der Waals surface area contributed by atoms with Crippen molar-refractivity contribution in [1.82, 2.24) is 25.3 Å². The summed E-state index contributed by atoms with van der Waals surface area (Å²) < 4.78 is 15.9. The third-order valence-corrected chi connectivity index (χ3v) is 8.44. The molecule has 4 N–H and O–H groups in total. The number of alkyl carbamates (subject to hydrolysis) is 1. The number of carbonyl (C=O) groups is 7. The number of imide groups is 1. The van der Waals surface area contributed by atoms with Crippen molar-refractivity contribution in [1.29, 1.82) is 0 Å². The lowest BCUT2D eigenvalue weighted by Gasteiger charge is -2.26. The molecule has 1 heterocycles. The van der Waals surface area contributed by atoms with Crippen LogP contribution in [0.25, 0.3) is 0 Å². The van der Waals surface area contributed by atoms with Crippen molar-refractivity contribution in [2.24, 2.45) is 23.7 Å². The van der Waals surface area contributed by atoms with Crippen molar-refractivity contribution in [3.05, 3.63) is 29.8 Å². The molecule has 1 fully saturated rings. The van der Waals surface area contributed by atoms with Crippen LogP contribution in [0, 0.1) is 23.7 Å². The largest absolute Gasteiger partial charge is 0.447 e. The first-order valence-electron chi connectivity index (χ1n) is 17.8. The number of anilines is 1. The summed E-state index contributed by atoms with van der Waals surface area (Å²) in [6, 6.07) is 5.57. The molecule has 1 aliphatic heterocycles. The number of hydrogen-bond acceptors (Lipinski definition) is 11. The number of likely N-dealkylation sites (N-methyl/N-ethyl adjacent to an activating group) is 1. The van der Waals surface area contributed by atoms with Gasteiger partial charge < -0.3 is 45.1 Å². The van der Waals surface area contributed by atoms with Gasteiger partial charge in [0.2, 0.25) is 29.5 Å². The van der Waals surface area contributed by atoms with Crippen LogP contribution in [0.15, 0.2) is 24.3 Å². The average Bonchev–Trinajstić information content (AvgIpc) is 3.40. The molecule has 1 aromatic rings. The number of rotatable bonds is 21. The average molecular weight is 749 g/mol. The van der Waals surface area contributed by atoms with Gasteiger partial charge in [0.1, 0.15) is 19.3 Å². The van der Waals surface area contributed by atoms with Gasteiger partial charge in [-0.05, 0) is 29.5 Å². The molecule has 1 aromatic carbocycles. The summed E-state index contributed by atoms with van der Waals surface area (Å²) in [4.78, 5) is 90.9. The molecular formula is C36H56N6O11. The molecule has 1 aliphatic rings. The normalized spacial score (nSPS) is 14.7. The maximum atomic E-state index is 12.8. The number of hydrogen-bond donors (Lipinski definition) is 4. The van der Waals surface area contributed by atoms with Crippen LogP contribution < -0.4 is 16.0 Å². The van der Waals surface area contributed by atoms with Crippen molar-refractivity contribution < 1.29 is 52.9 Å². The van der Waals surface area contributed by atoms with Gasteiger partial charge in [-0.25, -0.2) is 9.59 Å². The minimum atomic E-state index is -0.986. The Balaban J connectivity index is 1.69. The van der Waals surface area contributed by atoms with Crippen LogP contribution in [0.2, 0.25) is 0 Å². The summed E-state index contributed by atoms with van der Waals surface area (Å²) in [5.41, 5.74) is 1.10. The third-order valence-electron chi connectivity index (χ3n) is 8.44. The quantitative estimate of drug-likeness (QED) is 0.105. The van der Waals surface area contributed by atoms with E-state index in [2.05, 4.69) is 16.0 Å². The molecule has 2 unspecified atom stereocenters. The summed E-state index contributed by atoms with van der Waals surface area (Å²) in [6.07, 6.45) is -1.24. The number of aliphatic hydroxyl groups is 1. The van der Waals surface area contributed by atoms with Gasteiger partial charge in [0.15, 0.2) is 0 Å². The fourth-order valence-corrected chi connectivity index (χ4v) is 5.22. The van der Waals surface area contributed by atoms with Crippen molar-refractivity contribution in [3.8, 4) is 0 Å². The van der Waals surface area contributed by atoms with E-state index >= 15 is 0 Å². The maximum Gasteiger partial charge on any atom is 0.409 e. The Labute approximate surface area is 311 Å². The second-order valence-electron chi connectivity index (χ2n) is 13.7. The Bertz CT molecular complexity index is 1400. The second-order valence-corrected chi connectivity index (χ2v) is 13.7.